The van der Waals surface area contributed by atoms with Gasteiger partial charge in [0.25, 0.3) is 0 Å². The van der Waals surface area contributed by atoms with Gasteiger partial charge in [0.2, 0.25) is 12.7 Å². The van der Waals surface area contributed by atoms with Gasteiger partial charge in [-0.05, 0) is 67.3 Å². The number of fused-ring (bicyclic) bond motifs is 1. The fraction of sp³-hybridized carbons (Fsp3) is 0.304. The van der Waals surface area contributed by atoms with Crippen LogP contribution in [0.15, 0.2) is 48.5 Å². The Bertz CT molecular complexity index is 976. The van der Waals surface area contributed by atoms with Crippen LogP contribution in [-0.2, 0) is 9.53 Å². The Morgan fingerprint density at radius 1 is 1.06 bits per heavy atom. The number of carbonyl (C=O) groups is 2. The molecule has 1 saturated carbocycles. The van der Waals surface area contributed by atoms with Crippen LogP contribution in [0.5, 0.6) is 11.5 Å². The third-order valence-electron chi connectivity index (χ3n) is 5.16. The molecule has 0 saturated heterocycles. The average Bonchev–Trinajstić information content (AvgIpc) is 3.22. The standard InChI is InChI=1S/C23H23FN2O5/c24-16-6-8-17(9-7-16)26-23(28)31-19-3-1-2-18(13-19)25-22(27)11-5-15-4-10-20-21(12-15)30-14-29-20/h4-12,18-19H,1-3,13-14H2,(H,25,27)(H,26,28). The summed E-state index contributed by atoms with van der Waals surface area (Å²) in [6.45, 7) is 0.204. The van der Waals surface area contributed by atoms with Crippen molar-refractivity contribution in [2.24, 2.45) is 0 Å². The van der Waals surface area contributed by atoms with Crippen LogP contribution in [0.25, 0.3) is 6.08 Å². The lowest BCUT2D eigenvalue weighted by molar-refractivity contribution is -0.117. The molecule has 0 bridgehead atoms. The first kappa shape index (κ1) is 20.7. The average molecular weight is 426 g/mol. The molecule has 1 aliphatic carbocycles. The second-order valence-corrected chi connectivity index (χ2v) is 7.48. The molecule has 162 valence electrons. The fourth-order valence-corrected chi connectivity index (χ4v) is 3.65. The molecule has 1 heterocycles. The molecule has 8 heteroatoms. The number of amides is 2. The summed E-state index contributed by atoms with van der Waals surface area (Å²) in [5.74, 6) is 0.767. The zero-order chi connectivity index (χ0) is 21.6. The molecule has 2 amide bonds. The molecule has 1 aliphatic heterocycles. The van der Waals surface area contributed by atoms with E-state index < -0.39 is 6.09 Å². The van der Waals surface area contributed by atoms with Crippen molar-refractivity contribution in [3.63, 3.8) is 0 Å². The molecule has 1 fully saturated rings. The normalized spacial score (nSPS) is 19.8. The van der Waals surface area contributed by atoms with Crippen molar-refractivity contribution in [3.05, 3.63) is 59.9 Å². The smallest absolute Gasteiger partial charge is 0.411 e. The van der Waals surface area contributed by atoms with Crippen molar-refractivity contribution in [1.29, 1.82) is 0 Å². The van der Waals surface area contributed by atoms with Crippen LogP contribution >= 0.6 is 0 Å². The first-order chi connectivity index (χ1) is 15.0. The van der Waals surface area contributed by atoms with E-state index in [1.165, 1.54) is 30.3 Å². The number of benzene rings is 2. The van der Waals surface area contributed by atoms with Crippen molar-refractivity contribution in [2.45, 2.75) is 37.8 Å². The topological polar surface area (TPSA) is 85.9 Å². The maximum atomic E-state index is 13.0. The van der Waals surface area contributed by atoms with E-state index in [0.29, 0.717) is 23.6 Å². The van der Waals surface area contributed by atoms with Gasteiger partial charge in [-0.2, -0.15) is 0 Å². The molecule has 0 aromatic heterocycles. The Morgan fingerprint density at radius 2 is 1.87 bits per heavy atom. The van der Waals surface area contributed by atoms with Crippen LogP contribution in [0.2, 0.25) is 0 Å². The Labute approximate surface area is 179 Å². The van der Waals surface area contributed by atoms with Crippen molar-refractivity contribution < 1.29 is 28.2 Å². The van der Waals surface area contributed by atoms with Crippen LogP contribution in [0.1, 0.15) is 31.2 Å². The lowest BCUT2D eigenvalue weighted by atomic mass is 9.93. The minimum atomic E-state index is -0.591. The summed E-state index contributed by atoms with van der Waals surface area (Å²) >= 11 is 0. The Balaban J connectivity index is 1.24. The predicted octanol–water partition coefficient (Wildman–Crippen LogP) is 4.24. The van der Waals surface area contributed by atoms with Crippen molar-refractivity contribution in [3.8, 4) is 11.5 Å². The van der Waals surface area contributed by atoms with Gasteiger partial charge in [0.1, 0.15) is 11.9 Å². The van der Waals surface area contributed by atoms with E-state index in [1.807, 2.05) is 12.1 Å². The van der Waals surface area contributed by atoms with Crippen LogP contribution < -0.4 is 20.1 Å². The zero-order valence-electron chi connectivity index (χ0n) is 16.8. The van der Waals surface area contributed by atoms with Crippen molar-refractivity contribution in [2.75, 3.05) is 12.1 Å². The number of ether oxygens (including phenoxy) is 3. The summed E-state index contributed by atoms with van der Waals surface area (Å²) in [6, 6.07) is 10.8. The minimum Gasteiger partial charge on any atom is -0.454 e. The Morgan fingerprint density at radius 3 is 2.71 bits per heavy atom. The van der Waals surface area contributed by atoms with Gasteiger partial charge in [-0.25, -0.2) is 9.18 Å². The maximum absolute atomic E-state index is 13.0. The van der Waals surface area contributed by atoms with Gasteiger partial charge in [0.15, 0.2) is 11.5 Å². The van der Waals surface area contributed by atoms with E-state index >= 15 is 0 Å². The van der Waals surface area contributed by atoms with Gasteiger partial charge in [-0.3, -0.25) is 10.1 Å². The second-order valence-electron chi connectivity index (χ2n) is 7.48. The summed E-state index contributed by atoms with van der Waals surface area (Å²) in [4.78, 5) is 24.4. The number of hydrogen-bond donors (Lipinski definition) is 2. The molecule has 2 atom stereocenters. The summed E-state index contributed by atoms with van der Waals surface area (Å²) in [5, 5.41) is 5.55. The maximum Gasteiger partial charge on any atom is 0.411 e. The van der Waals surface area contributed by atoms with Gasteiger partial charge in [-0.15, -0.1) is 0 Å². The summed E-state index contributed by atoms with van der Waals surface area (Å²) < 4.78 is 29.0. The van der Waals surface area contributed by atoms with Gasteiger partial charge < -0.3 is 19.5 Å². The van der Waals surface area contributed by atoms with Gasteiger partial charge >= 0.3 is 6.09 Å². The molecular formula is C23H23FN2O5. The van der Waals surface area contributed by atoms with E-state index in [1.54, 1.807) is 12.1 Å². The first-order valence-electron chi connectivity index (χ1n) is 10.2. The minimum absolute atomic E-state index is 0.0775. The SMILES string of the molecule is O=C(C=Cc1ccc2c(c1)OCO2)NC1CCCC(OC(=O)Nc2ccc(F)cc2)C1. The predicted molar refractivity (Wildman–Crippen MR) is 112 cm³/mol. The number of anilines is 1. The number of carbonyl (C=O) groups excluding carboxylic acids is 2. The van der Waals surface area contributed by atoms with Crippen LogP contribution in [-0.4, -0.2) is 30.9 Å². The summed E-state index contributed by atoms with van der Waals surface area (Å²) in [6.07, 6.45) is 5.24. The summed E-state index contributed by atoms with van der Waals surface area (Å²) in [5.41, 5.74) is 1.29. The molecule has 2 aliphatic rings. The lowest BCUT2D eigenvalue weighted by Gasteiger charge is -2.29. The third kappa shape index (κ3) is 5.75. The van der Waals surface area contributed by atoms with Gasteiger partial charge in [0.05, 0.1) is 0 Å². The number of hydrogen-bond acceptors (Lipinski definition) is 5. The number of halogens is 1. The lowest BCUT2D eigenvalue weighted by Crippen LogP contribution is -2.40. The molecule has 2 aromatic rings. The molecule has 0 radical (unpaired) electrons. The molecule has 7 nitrogen and oxygen atoms in total. The van der Waals surface area contributed by atoms with E-state index in [4.69, 9.17) is 14.2 Å². The van der Waals surface area contributed by atoms with E-state index in [2.05, 4.69) is 10.6 Å². The number of rotatable bonds is 5. The molecule has 2 N–H and O–H groups in total. The van der Waals surface area contributed by atoms with Crippen LogP contribution in [0.3, 0.4) is 0 Å². The second kappa shape index (κ2) is 9.51. The van der Waals surface area contributed by atoms with Crippen molar-refractivity contribution >= 4 is 23.8 Å². The fourth-order valence-electron chi connectivity index (χ4n) is 3.65. The highest BCUT2D eigenvalue weighted by Gasteiger charge is 2.25. The van der Waals surface area contributed by atoms with Crippen LogP contribution in [0.4, 0.5) is 14.9 Å². The molecule has 2 aromatic carbocycles. The van der Waals surface area contributed by atoms with E-state index in [-0.39, 0.29) is 30.7 Å². The van der Waals surface area contributed by atoms with Gasteiger partial charge in [0, 0.05) is 24.2 Å². The van der Waals surface area contributed by atoms with Crippen LogP contribution in [0, 0.1) is 5.82 Å². The highest BCUT2D eigenvalue weighted by molar-refractivity contribution is 5.92. The molecule has 4 rings (SSSR count). The Hall–Kier alpha value is -3.55. The molecule has 2 unspecified atom stereocenters. The van der Waals surface area contributed by atoms with E-state index in [9.17, 15) is 14.0 Å². The monoisotopic (exact) mass is 426 g/mol. The Kier molecular flexibility index (Phi) is 6.35. The largest absolute Gasteiger partial charge is 0.454 e. The summed E-state index contributed by atoms with van der Waals surface area (Å²) in [7, 11) is 0. The van der Waals surface area contributed by atoms with Gasteiger partial charge in [-0.1, -0.05) is 6.07 Å². The molecule has 31 heavy (non-hydrogen) atoms. The highest BCUT2D eigenvalue weighted by Crippen LogP contribution is 2.32. The first-order valence-corrected chi connectivity index (χ1v) is 10.2. The molecule has 0 spiro atoms. The third-order valence-corrected chi connectivity index (χ3v) is 5.16. The van der Waals surface area contributed by atoms with Crippen molar-refractivity contribution in [1.82, 2.24) is 5.32 Å². The quantitative estimate of drug-likeness (QED) is 0.699. The zero-order valence-corrected chi connectivity index (χ0v) is 16.8. The molecular weight excluding hydrogens is 403 g/mol. The number of nitrogens with one attached hydrogen (secondary N) is 2. The van der Waals surface area contributed by atoms with E-state index in [0.717, 1.165) is 24.8 Å². The highest BCUT2D eigenvalue weighted by atomic mass is 19.1.